The molecule has 1 saturated carbocycles. The average molecular weight is 407 g/mol. The summed E-state index contributed by atoms with van der Waals surface area (Å²) in [5.41, 5.74) is 1.94. The number of pyridine rings is 1. The Kier molecular flexibility index (Phi) is 4.18. The second-order valence-corrected chi connectivity index (χ2v) is 7.50. The molecule has 1 fully saturated rings. The van der Waals surface area contributed by atoms with Crippen LogP contribution in [-0.2, 0) is 0 Å². The van der Waals surface area contributed by atoms with Gasteiger partial charge in [0.1, 0.15) is 22.9 Å². The van der Waals surface area contributed by atoms with Crippen molar-refractivity contribution in [3.63, 3.8) is 0 Å². The summed E-state index contributed by atoms with van der Waals surface area (Å²) in [6.07, 6.45) is 5.84. The fourth-order valence-corrected chi connectivity index (χ4v) is 4.20. The molecule has 4 rings (SSSR count). The third-order valence-corrected chi connectivity index (χ3v) is 5.47. The van der Waals surface area contributed by atoms with Crippen molar-refractivity contribution in [1.29, 1.82) is 0 Å². The molecule has 0 bridgehead atoms. The van der Waals surface area contributed by atoms with Gasteiger partial charge in [0.15, 0.2) is 0 Å². The highest BCUT2D eigenvalue weighted by Gasteiger charge is 2.32. The summed E-state index contributed by atoms with van der Waals surface area (Å²) in [7, 11) is 0. The molecule has 1 aliphatic rings. The van der Waals surface area contributed by atoms with Crippen LogP contribution < -0.4 is 5.32 Å². The summed E-state index contributed by atoms with van der Waals surface area (Å²) >= 11 is 9.76. The number of fused-ring (bicyclic) bond motifs is 1. The van der Waals surface area contributed by atoms with Crippen LogP contribution in [0.15, 0.2) is 35.2 Å². The SMILES string of the molecule is Cc1cccc(NC[C@H]2C[C@@H](n3cc(Br)c4c(Cl)ncnc43)C2)n1. The number of halogens is 2. The van der Waals surface area contributed by atoms with Crippen molar-refractivity contribution in [2.75, 3.05) is 11.9 Å². The van der Waals surface area contributed by atoms with Gasteiger partial charge in [-0.15, -0.1) is 0 Å². The van der Waals surface area contributed by atoms with E-state index in [1.807, 2.05) is 25.1 Å². The zero-order valence-electron chi connectivity index (χ0n) is 13.2. The molecule has 3 aromatic rings. The normalized spacial score (nSPS) is 20.1. The molecule has 3 aromatic heterocycles. The number of nitrogens with one attached hydrogen (secondary N) is 1. The van der Waals surface area contributed by atoms with Crippen LogP contribution in [0.25, 0.3) is 11.0 Å². The molecule has 24 heavy (non-hydrogen) atoms. The average Bonchev–Trinajstić information content (AvgIpc) is 2.84. The van der Waals surface area contributed by atoms with Crippen LogP contribution in [0.1, 0.15) is 24.6 Å². The lowest BCUT2D eigenvalue weighted by Gasteiger charge is -2.36. The maximum absolute atomic E-state index is 6.19. The lowest BCUT2D eigenvalue weighted by Crippen LogP contribution is -2.31. The molecule has 5 nitrogen and oxygen atoms in total. The first-order chi connectivity index (χ1) is 11.6. The number of hydrogen-bond donors (Lipinski definition) is 1. The Balaban J connectivity index is 1.42. The Bertz CT molecular complexity index is 888. The van der Waals surface area contributed by atoms with Gasteiger partial charge in [-0.05, 0) is 53.7 Å². The predicted octanol–water partition coefficient (Wildman–Crippen LogP) is 4.61. The van der Waals surface area contributed by atoms with Crippen LogP contribution in [0.2, 0.25) is 5.15 Å². The standard InChI is InChI=1S/C17H17BrClN5/c1-10-3-2-4-14(23-10)20-7-11-5-12(6-11)24-8-13(18)15-16(19)21-9-22-17(15)24/h2-4,8-9,11-12H,5-7H2,1H3,(H,20,23)/t11-,12+. The Morgan fingerprint density at radius 1 is 1.33 bits per heavy atom. The van der Waals surface area contributed by atoms with Crippen molar-refractivity contribution >= 4 is 44.4 Å². The minimum atomic E-state index is 0.460. The molecule has 3 heterocycles. The second-order valence-electron chi connectivity index (χ2n) is 6.28. The first-order valence-corrected chi connectivity index (χ1v) is 9.13. The van der Waals surface area contributed by atoms with Gasteiger partial charge in [0, 0.05) is 29.0 Å². The number of nitrogens with zero attached hydrogens (tertiary/aromatic N) is 4. The highest BCUT2D eigenvalue weighted by Crippen LogP contribution is 2.41. The monoisotopic (exact) mass is 405 g/mol. The highest BCUT2D eigenvalue weighted by atomic mass is 79.9. The largest absolute Gasteiger partial charge is 0.370 e. The third kappa shape index (κ3) is 2.89. The van der Waals surface area contributed by atoms with Crippen LogP contribution in [0.5, 0.6) is 0 Å². The van der Waals surface area contributed by atoms with Crippen molar-refractivity contribution < 1.29 is 0 Å². The van der Waals surface area contributed by atoms with E-state index < -0.39 is 0 Å². The molecule has 0 atom stereocenters. The Morgan fingerprint density at radius 2 is 2.17 bits per heavy atom. The van der Waals surface area contributed by atoms with Gasteiger partial charge in [-0.2, -0.15) is 0 Å². The van der Waals surface area contributed by atoms with Crippen LogP contribution in [0.4, 0.5) is 5.82 Å². The quantitative estimate of drug-likeness (QED) is 0.643. The molecule has 1 N–H and O–H groups in total. The summed E-state index contributed by atoms with van der Waals surface area (Å²) < 4.78 is 3.17. The Hall–Kier alpha value is -1.66. The molecule has 0 aliphatic heterocycles. The zero-order chi connectivity index (χ0) is 16.7. The summed E-state index contributed by atoms with van der Waals surface area (Å²) in [4.78, 5) is 13.0. The fraction of sp³-hybridized carbons (Fsp3) is 0.353. The second kappa shape index (κ2) is 6.33. The molecular weight excluding hydrogens is 390 g/mol. The van der Waals surface area contributed by atoms with E-state index in [9.17, 15) is 0 Å². The zero-order valence-corrected chi connectivity index (χ0v) is 15.5. The number of anilines is 1. The van der Waals surface area contributed by atoms with E-state index in [0.29, 0.717) is 17.1 Å². The lowest BCUT2D eigenvalue weighted by molar-refractivity contribution is 0.213. The summed E-state index contributed by atoms with van der Waals surface area (Å²) in [5.74, 6) is 1.60. The fourth-order valence-electron chi connectivity index (χ4n) is 3.27. The van der Waals surface area contributed by atoms with Crippen molar-refractivity contribution in [3.05, 3.63) is 46.0 Å². The first-order valence-electron chi connectivity index (χ1n) is 7.96. The minimum absolute atomic E-state index is 0.460. The molecule has 0 amide bonds. The number of aryl methyl sites for hydroxylation is 1. The Labute approximate surface area is 153 Å². The van der Waals surface area contributed by atoms with Gasteiger partial charge in [0.2, 0.25) is 0 Å². The van der Waals surface area contributed by atoms with Crippen molar-refractivity contribution in [1.82, 2.24) is 19.5 Å². The third-order valence-electron chi connectivity index (χ3n) is 4.58. The van der Waals surface area contributed by atoms with Crippen LogP contribution in [0.3, 0.4) is 0 Å². The molecule has 0 aromatic carbocycles. The molecule has 0 spiro atoms. The van der Waals surface area contributed by atoms with E-state index in [2.05, 4.69) is 47.0 Å². The van der Waals surface area contributed by atoms with Crippen molar-refractivity contribution in [3.8, 4) is 0 Å². The van der Waals surface area contributed by atoms with E-state index in [0.717, 1.165) is 46.4 Å². The molecule has 1 aliphatic carbocycles. The van der Waals surface area contributed by atoms with E-state index in [1.54, 1.807) is 0 Å². The number of hydrogen-bond acceptors (Lipinski definition) is 4. The highest BCUT2D eigenvalue weighted by molar-refractivity contribution is 9.10. The topological polar surface area (TPSA) is 55.6 Å². The molecule has 7 heteroatoms. The summed E-state index contributed by atoms with van der Waals surface area (Å²) in [6.45, 7) is 2.95. The van der Waals surface area contributed by atoms with Gasteiger partial charge < -0.3 is 9.88 Å². The van der Waals surface area contributed by atoms with Crippen molar-refractivity contribution in [2.45, 2.75) is 25.8 Å². The van der Waals surface area contributed by atoms with Gasteiger partial charge >= 0.3 is 0 Å². The molecular formula is C17H17BrClN5. The van der Waals surface area contributed by atoms with E-state index in [1.165, 1.54) is 6.33 Å². The van der Waals surface area contributed by atoms with Crippen LogP contribution in [0, 0.1) is 12.8 Å². The number of rotatable bonds is 4. The Morgan fingerprint density at radius 3 is 2.96 bits per heavy atom. The maximum atomic E-state index is 6.19. The van der Waals surface area contributed by atoms with Gasteiger partial charge in [-0.1, -0.05) is 17.7 Å². The van der Waals surface area contributed by atoms with Gasteiger partial charge in [0.05, 0.1) is 5.39 Å². The van der Waals surface area contributed by atoms with Gasteiger partial charge in [-0.25, -0.2) is 15.0 Å². The van der Waals surface area contributed by atoms with Crippen LogP contribution >= 0.6 is 27.5 Å². The smallest absolute Gasteiger partial charge is 0.146 e. The van der Waals surface area contributed by atoms with E-state index in [-0.39, 0.29) is 0 Å². The molecule has 124 valence electrons. The summed E-state index contributed by atoms with van der Waals surface area (Å²) in [6, 6.07) is 6.51. The van der Waals surface area contributed by atoms with Gasteiger partial charge in [0.25, 0.3) is 0 Å². The summed E-state index contributed by atoms with van der Waals surface area (Å²) in [5, 5.41) is 4.82. The predicted molar refractivity (Wildman–Crippen MR) is 99.5 cm³/mol. The van der Waals surface area contributed by atoms with E-state index in [4.69, 9.17) is 11.6 Å². The van der Waals surface area contributed by atoms with E-state index >= 15 is 0 Å². The minimum Gasteiger partial charge on any atom is -0.370 e. The van der Waals surface area contributed by atoms with Gasteiger partial charge in [-0.3, -0.25) is 0 Å². The maximum Gasteiger partial charge on any atom is 0.146 e. The molecule has 0 radical (unpaired) electrons. The first kappa shape index (κ1) is 15.8. The number of aromatic nitrogens is 4. The van der Waals surface area contributed by atoms with Crippen LogP contribution in [-0.4, -0.2) is 26.1 Å². The van der Waals surface area contributed by atoms with Crippen molar-refractivity contribution in [2.24, 2.45) is 5.92 Å². The molecule has 0 unspecified atom stereocenters. The molecule has 0 saturated heterocycles. The lowest BCUT2D eigenvalue weighted by atomic mass is 9.80.